The first-order valence-electron chi connectivity index (χ1n) is 6.36. The van der Waals surface area contributed by atoms with Crippen LogP contribution in [0.15, 0.2) is 36.5 Å². The third-order valence-corrected chi connectivity index (χ3v) is 3.43. The molecular weight excluding hydrogens is 257 g/mol. The van der Waals surface area contributed by atoms with E-state index in [4.69, 9.17) is 0 Å². The van der Waals surface area contributed by atoms with Gasteiger partial charge in [0, 0.05) is 31.0 Å². The Balaban J connectivity index is 1.97. The summed E-state index contributed by atoms with van der Waals surface area (Å²) in [6.45, 7) is 0.873. The molecule has 1 amide bonds. The molecule has 4 nitrogen and oxygen atoms in total. The average Bonchev–Trinajstić information content (AvgIpc) is 2.59. The second-order valence-electron chi connectivity index (χ2n) is 4.84. The summed E-state index contributed by atoms with van der Waals surface area (Å²) in [5.74, 6) is -0.431. The highest BCUT2D eigenvalue weighted by Crippen LogP contribution is 2.27. The molecule has 3 rings (SSSR count). The molecule has 1 aliphatic heterocycles. The molecular formula is C15H14FN3O. The van der Waals surface area contributed by atoms with E-state index in [1.54, 1.807) is 18.0 Å². The summed E-state index contributed by atoms with van der Waals surface area (Å²) in [6.07, 6.45) is 1.50. The van der Waals surface area contributed by atoms with Crippen molar-refractivity contribution >= 4 is 11.6 Å². The number of benzene rings is 1. The second kappa shape index (κ2) is 4.92. The standard InChI is InChI=1S/C15H14FN3O/c1-19-9-12-3-2-10(6-13(12)17-8-15(19)20)11-4-5-14(16)18-7-11/h2-7,17H,8-9H2,1H3. The van der Waals surface area contributed by atoms with Gasteiger partial charge in [-0.15, -0.1) is 0 Å². The third kappa shape index (κ3) is 2.34. The van der Waals surface area contributed by atoms with Crippen LogP contribution in [0.4, 0.5) is 10.1 Å². The zero-order valence-corrected chi connectivity index (χ0v) is 11.1. The van der Waals surface area contributed by atoms with Gasteiger partial charge in [0.05, 0.1) is 6.54 Å². The first-order valence-corrected chi connectivity index (χ1v) is 6.36. The van der Waals surface area contributed by atoms with Gasteiger partial charge in [-0.1, -0.05) is 12.1 Å². The Morgan fingerprint density at radius 1 is 1.25 bits per heavy atom. The number of carbonyl (C=O) groups excluding carboxylic acids is 1. The lowest BCUT2D eigenvalue weighted by molar-refractivity contribution is -0.128. The molecule has 1 aliphatic rings. The van der Waals surface area contributed by atoms with Crippen molar-refractivity contribution in [2.75, 3.05) is 18.9 Å². The fraction of sp³-hybridized carbons (Fsp3) is 0.200. The van der Waals surface area contributed by atoms with Crippen molar-refractivity contribution in [3.8, 4) is 11.1 Å². The van der Waals surface area contributed by atoms with E-state index in [-0.39, 0.29) is 12.5 Å². The van der Waals surface area contributed by atoms with Gasteiger partial charge in [0.2, 0.25) is 11.9 Å². The van der Waals surface area contributed by atoms with E-state index in [1.807, 2.05) is 18.2 Å². The topological polar surface area (TPSA) is 45.2 Å². The Morgan fingerprint density at radius 2 is 2.05 bits per heavy atom. The molecule has 0 atom stereocenters. The minimum Gasteiger partial charge on any atom is -0.376 e. The summed E-state index contributed by atoms with van der Waals surface area (Å²) in [5, 5.41) is 3.14. The van der Waals surface area contributed by atoms with Crippen molar-refractivity contribution < 1.29 is 9.18 Å². The average molecular weight is 271 g/mol. The maximum absolute atomic E-state index is 12.8. The summed E-state index contributed by atoms with van der Waals surface area (Å²) < 4.78 is 12.8. The summed E-state index contributed by atoms with van der Waals surface area (Å²) in [7, 11) is 1.79. The fourth-order valence-electron chi connectivity index (χ4n) is 2.25. The van der Waals surface area contributed by atoms with E-state index >= 15 is 0 Å². The Morgan fingerprint density at radius 3 is 2.80 bits per heavy atom. The monoisotopic (exact) mass is 271 g/mol. The summed E-state index contributed by atoms with van der Waals surface area (Å²) in [5.41, 5.74) is 3.79. The molecule has 20 heavy (non-hydrogen) atoms. The smallest absolute Gasteiger partial charge is 0.241 e. The highest BCUT2D eigenvalue weighted by atomic mass is 19.1. The maximum atomic E-state index is 12.8. The van der Waals surface area contributed by atoms with Gasteiger partial charge in [-0.25, -0.2) is 4.98 Å². The minimum atomic E-state index is -0.492. The first kappa shape index (κ1) is 12.6. The summed E-state index contributed by atoms with van der Waals surface area (Å²) in [6, 6.07) is 8.94. The number of hydrogen-bond acceptors (Lipinski definition) is 3. The van der Waals surface area contributed by atoms with E-state index in [2.05, 4.69) is 10.3 Å². The number of pyridine rings is 1. The lowest BCUT2D eigenvalue weighted by Crippen LogP contribution is -2.28. The molecule has 2 heterocycles. The van der Waals surface area contributed by atoms with E-state index in [0.717, 1.165) is 22.4 Å². The van der Waals surface area contributed by atoms with Gasteiger partial charge in [-0.05, 0) is 29.3 Å². The molecule has 102 valence electrons. The van der Waals surface area contributed by atoms with Gasteiger partial charge in [0.15, 0.2) is 0 Å². The normalized spacial score (nSPS) is 14.5. The number of nitrogens with one attached hydrogen (secondary N) is 1. The number of likely N-dealkylation sites (N-methyl/N-ethyl adjacent to an activating group) is 1. The minimum absolute atomic E-state index is 0.0613. The van der Waals surface area contributed by atoms with Crippen molar-refractivity contribution in [3.63, 3.8) is 0 Å². The largest absolute Gasteiger partial charge is 0.376 e. The van der Waals surface area contributed by atoms with Crippen LogP contribution >= 0.6 is 0 Å². The van der Waals surface area contributed by atoms with Crippen LogP contribution in [-0.4, -0.2) is 29.4 Å². The van der Waals surface area contributed by atoms with Gasteiger partial charge in [-0.2, -0.15) is 4.39 Å². The maximum Gasteiger partial charge on any atom is 0.241 e. The van der Waals surface area contributed by atoms with Crippen molar-refractivity contribution in [3.05, 3.63) is 48.0 Å². The van der Waals surface area contributed by atoms with Crippen LogP contribution in [0.25, 0.3) is 11.1 Å². The van der Waals surface area contributed by atoms with Crippen LogP contribution in [-0.2, 0) is 11.3 Å². The molecule has 1 aromatic carbocycles. The molecule has 0 saturated carbocycles. The molecule has 0 aliphatic carbocycles. The number of amides is 1. The zero-order chi connectivity index (χ0) is 14.1. The number of anilines is 1. The van der Waals surface area contributed by atoms with Crippen LogP contribution in [0.2, 0.25) is 0 Å². The predicted octanol–water partition coefficient (Wildman–Crippen LogP) is 2.27. The lowest BCUT2D eigenvalue weighted by atomic mass is 10.0. The summed E-state index contributed by atoms with van der Waals surface area (Å²) in [4.78, 5) is 17.0. The summed E-state index contributed by atoms with van der Waals surface area (Å²) >= 11 is 0. The van der Waals surface area contributed by atoms with E-state index < -0.39 is 5.95 Å². The van der Waals surface area contributed by atoms with Crippen LogP contribution in [0.1, 0.15) is 5.56 Å². The molecule has 0 spiro atoms. The molecule has 0 bridgehead atoms. The third-order valence-electron chi connectivity index (χ3n) is 3.43. The Labute approximate surface area is 116 Å². The SMILES string of the molecule is CN1Cc2ccc(-c3ccc(F)nc3)cc2NCC1=O. The number of fused-ring (bicyclic) bond motifs is 1. The molecule has 0 saturated heterocycles. The zero-order valence-electron chi connectivity index (χ0n) is 11.1. The number of hydrogen-bond donors (Lipinski definition) is 1. The highest BCUT2D eigenvalue weighted by molar-refractivity contribution is 5.83. The van der Waals surface area contributed by atoms with Crippen LogP contribution in [0.3, 0.4) is 0 Å². The predicted molar refractivity (Wildman–Crippen MR) is 74.6 cm³/mol. The van der Waals surface area contributed by atoms with Gasteiger partial charge >= 0.3 is 0 Å². The molecule has 1 aromatic heterocycles. The van der Waals surface area contributed by atoms with Crippen LogP contribution in [0.5, 0.6) is 0 Å². The van der Waals surface area contributed by atoms with Crippen molar-refractivity contribution in [2.24, 2.45) is 0 Å². The van der Waals surface area contributed by atoms with Crippen LogP contribution in [0, 0.1) is 5.95 Å². The molecule has 0 radical (unpaired) electrons. The Hall–Kier alpha value is -2.43. The van der Waals surface area contributed by atoms with Crippen molar-refractivity contribution in [1.82, 2.24) is 9.88 Å². The van der Waals surface area contributed by atoms with E-state index in [0.29, 0.717) is 6.54 Å². The number of carbonyl (C=O) groups is 1. The molecule has 0 unspecified atom stereocenters. The fourth-order valence-corrected chi connectivity index (χ4v) is 2.25. The van der Waals surface area contributed by atoms with Crippen LogP contribution < -0.4 is 5.32 Å². The number of nitrogens with zero attached hydrogens (tertiary/aromatic N) is 2. The Bertz CT molecular complexity index is 655. The van der Waals surface area contributed by atoms with E-state index in [1.165, 1.54) is 12.3 Å². The molecule has 5 heteroatoms. The van der Waals surface area contributed by atoms with Gasteiger partial charge in [0.25, 0.3) is 0 Å². The lowest BCUT2D eigenvalue weighted by Gasteiger charge is -2.13. The Kier molecular flexibility index (Phi) is 3.10. The quantitative estimate of drug-likeness (QED) is 0.809. The van der Waals surface area contributed by atoms with Gasteiger partial charge in [0.1, 0.15) is 0 Å². The van der Waals surface area contributed by atoms with Gasteiger partial charge in [-0.3, -0.25) is 4.79 Å². The highest BCUT2D eigenvalue weighted by Gasteiger charge is 2.17. The van der Waals surface area contributed by atoms with Gasteiger partial charge < -0.3 is 10.2 Å². The number of rotatable bonds is 1. The second-order valence-corrected chi connectivity index (χ2v) is 4.84. The number of aromatic nitrogens is 1. The molecule has 1 N–H and O–H groups in total. The first-order chi connectivity index (χ1) is 9.63. The van der Waals surface area contributed by atoms with E-state index in [9.17, 15) is 9.18 Å². The molecule has 0 fully saturated rings. The number of halogens is 1. The molecule has 2 aromatic rings. The van der Waals surface area contributed by atoms with Crippen molar-refractivity contribution in [2.45, 2.75) is 6.54 Å². The van der Waals surface area contributed by atoms with Crippen molar-refractivity contribution in [1.29, 1.82) is 0 Å².